The largest absolute Gasteiger partial charge is 0.392 e. The molecule has 2 rings (SSSR count). The molecular weight excluding hydrogens is 188 g/mol. The summed E-state index contributed by atoms with van der Waals surface area (Å²) in [5, 5.41) is 9.41. The fourth-order valence-electron chi connectivity index (χ4n) is 2.76. The van der Waals surface area contributed by atoms with Crippen molar-refractivity contribution in [2.75, 3.05) is 13.2 Å². The van der Waals surface area contributed by atoms with E-state index in [1.165, 1.54) is 44.1 Å². The van der Waals surface area contributed by atoms with Gasteiger partial charge in [-0.05, 0) is 37.2 Å². The molecule has 0 aromatic heterocycles. The predicted molar refractivity (Wildman–Crippen MR) is 60.7 cm³/mol. The number of hydrogen-bond acceptors (Lipinski definition) is 2. The van der Waals surface area contributed by atoms with Gasteiger partial charge in [0.2, 0.25) is 0 Å². The summed E-state index contributed by atoms with van der Waals surface area (Å²) in [4.78, 5) is 0. The molecule has 15 heavy (non-hydrogen) atoms. The van der Waals surface area contributed by atoms with Crippen LogP contribution >= 0.6 is 0 Å². The molecule has 2 nitrogen and oxygen atoms in total. The highest BCUT2D eigenvalue weighted by Gasteiger charge is 2.20. The molecule has 1 N–H and O–H groups in total. The first kappa shape index (κ1) is 11.2. The molecule has 1 aliphatic heterocycles. The predicted octanol–water partition coefficient (Wildman–Crippen LogP) is 2.66. The number of ether oxygens (including phenoxy) is 1. The van der Waals surface area contributed by atoms with E-state index in [0.29, 0.717) is 5.92 Å². The lowest BCUT2D eigenvalue weighted by Crippen LogP contribution is -2.14. The highest BCUT2D eigenvalue weighted by Crippen LogP contribution is 2.30. The summed E-state index contributed by atoms with van der Waals surface area (Å²) < 4.78 is 5.59. The summed E-state index contributed by atoms with van der Waals surface area (Å²) >= 11 is 0. The van der Waals surface area contributed by atoms with Gasteiger partial charge in [0.25, 0.3) is 0 Å². The Bertz CT molecular complexity index is 211. The van der Waals surface area contributed by atoms with Crippen LogP contribution in [0, 0.1) is 5.92 Å². The van der Waals surface area contributed by atoms with Gasteiger partial charge in [0.1, 0.15) is 0 Å². The summed E-state index contributed by atoms with van der Waals surface area (Å²) in [5.74, 6) is 0.632. The van der Waals surface area contributed by atoms with E-state index in [9.17, 15) is 5.11 Å². The quantitative estimate of drug-likeness (QED) is 0.726. The van der Waals surface area contributed by atoms with Crippen LogP contribution in [0.4, 0.5) is 0 Å². The molecule has 2 aliphatic rings. The monoisotopic (exact) mass is 210 g/mol. The third-order valence-electron chi connectivity index (χ3n) is 3.68. The lowest BCUT2D eigenvalue weighted by molar-refractivity contribution is 0.143. The second-order valence-electron chi connectivity index (χ2n) is 4.79. The Morgan fingerprint density at radius 1 is 1.13 bits per heavy atom. The van der Waals surface area contributed by atoms with Crippen LogP contribution in [0.3, 0.4) is 0 Å². The van der Waals surface area contributed by atoms with Crippen LogP contribution in [0.1, 0.15) is 44.9 Å². The maximum Gasteiger partial charge on any atom is 0.0760 e. The Morgan fingerprint density at radius 2 is 1.93 bits per heavy atom. The summed E-state index contributed by atoms with van der Waals surface area (Å²) in [5.41, 5.74) is 1.24. The molecule has 1 atom stereocenters. The molecule has 1 saturated heterocycles. The van der Waals surface area contributed by atoms with Crippen molar-refractivity contribution in [3.05, 3.63) is 11.6 Å². The lowest BCUT2D eigenvalue weighted by Gasteiger charge is -2.24. The van der Waals surface area contributed by atoms with Crippen LogP contribution in [-0.2, 0) is 4.74 Å². The van der Waals surface area contributed by atoms with Crippen molar-refractivity contribution < 1.29 is 9.84 Å². The van der Waals surface area contributed by atoms with Gasteiger partial charge in [-0.1, -0.05) is 25.3 Å². The fraction of sp³-hybridized carbons (Fsp3) is 0.846. The zero-order valence-corrected chi connectivity index (χ0v) is 9.45. The van der Waals surface area contributed by atoms with Crippen LogP contribution in [-0.4, -0.2) is 24.4 Å². The van der Waals surface area contributed by atoms with E-state index >= 15 is 0 Å². The van der Waals surface area contributed by atoms with Crippen molar-refractivity contribution in [3.63, 3.8) is 0 Å². The molecule has 0 spiro atoms. The first-order valence-corrected chi connectivity index (χ1v) is 6.33. The number of hydrogen-bond donors (Lipinski definition) is 1. The molecule has 86 valence electrons. The molecule has 1 saturated carbocycles. The molecule has 1 unspecified atom stereocenters. The highest BCUT2D eigenvalue weighted by molar-refractivity contribution is 5.11. The van der Waals surface area contributed by atoms with Crippen molar-refractivity contribution in [2.24, 2.45) is 5.92 Å². The summed E-state index contributed by atoms with van der Waals surface area (Å²) in [6.45, 7) is 1.12. The van der Waals surface area contributed by atoms with Crippen molar-refractivity contribution in [2.45, 2.75) is 51.0 Å². The minimum Gasteiger partial charge on any atom is -0.392 e. The third kappa shape index (κ3) is 3.05. The van der Waals surface area contributed by atoms with E-state index < -0.39 is 0 Å². The Morgan fingerprint density at radius 3 is 2.53 bits per heavy atom. The number of aliphatic hydroxyl groups is 1. The Kier molecular flexibility index (Phi) is 4.21. The Balaban J connectivity index is 1.94. The topological polar surface area (TPSA) is 29.5 Å². The molecule has 0 radical (unpaired) electrons. The van der Waals surface area contributed by atoms with Gasteiger partial charge in [0.15, 0.2) is 0 Å². The minimum atomic E-state index is 0.227. The van der Waals surface area contributed by atoms with E-state index in [4.69, 9.17) is 4.74 Å². The fourth-order valence-corrected chi connectivity index (χ4v) is 2.76. The van der Waals surface area contributed by atoms with Crippen molar-refractivity contribution in [1.82, 2.24) is 0 Å². The first-order valence-electron chi connectivity index (χ1n) is 6.33. The first-order chi connectivity index (χ1) is 7.40. The Labute approximate surface area is 92.3 Å². The van der Waals surface area contributed by atoms with E-state index in [1.54, 1.807) is 0 Å². The smallest absolute Gasteiger partial charge is 0.0760 e. The average Bonchev–Trinajstić information content (AvgIpc) is 2.80. The SMILES string of the molecule is OCC(=CC1CCCO1)C1CCCCC1. The molecule has 2 fully saturated rings. The van der Waals surface area contributed by atoms with Gasteiger partial charge in [-0.25, -0.2) is 0 Å². The van der Waals surface area contributed by atoms with E-state index in [-0.39, 0.29) is 12.7 Å². The van der Waals surface area contributed by atoms with Gasteiger partial charge in [0.05, 0.1) is 12.7 Å². The maximum atomic E-state index is 9.41. The van der Waals surface area contributed by atoms with Gasteiger partial charge in [-0.2, -0.15) is 0 Å². The molecule has 0 bridgehead atoms. The zero-order valence-electron chi connectivity index (χ0n) is 9.45. The minimum absolute atomic E-state index is 0.227. The van der Waals surface area contributed by atoms with Gasteiger partial charge in [-0.3, -0.25) is 0 Å². The van der Waals surface area contributed by atoms with Crippen LogP contribution in [0.5, 0.6) is 0 Å². The third-order valence-corrected chi connectivity index (χ3v) is 3.68. The van der Waals surface area contributed by atoms with Crippen LogP contribution in [0.25, 0.3) is 0 Å². The van der Waals surface area contributed by atoms with Gasteiger partial charge in [0, 0.05) is 6.61 Å². The summed E-state index contributed by atoms with van der Waals surface area (Å²) in [6, 6.07) is 0. The number of rotatable bonds is 3. The van der Waals surface area contributed by atoms with Crippen molar-refractivity contribution in [1.29, 1.82) is 0 Å². The molecule has 0 aromatic carbocycles. The summed E-state index contributed by atoms with van der Waals surface area (Å²) in [6.07, 6.45) is 11.3. The molecule has 1 heterocycles. The molecular formula is C13H22O2. The van der Waals surface area contributed by atoms with E-state index in [1.807, 2.05) is 0 Å². The van der Waals surface area contributed by atoms with Gasteiger partial charge >= 0.3 is 0 Å². The van der Waals surface area contributed by atoms with Crippen LogP contribution < -0.4 is 0 Å². The molecule has 0 aromatic rings. The maximum absolute atomic E-state index is 9.41. The van der Waals surface area contributed by atoms with Gasteiger partial charge in [-0.15, -0.1) is 0 Å². The zero-order chi connectivity index (χ0) is 10.5. The normalized spacial score (nSPS) is 29.7. The van der Waals surface area contributed by atoms with E-state index in [0.717, 1.165) is 13.0 Å². The molecule has 2 heteroatoms. The molecule has 1 aliphatic carbocycles. The Hall–Kier alpha value is -0.340. The lowest BCUT2D eigenvalue weighted by atomic mass is 9.83. The standard InChI is InChI=1S/C13H22O2/c14-10-12(9-13-7-4-8-15-13)11-5-2-1-3-6-11/h9,11,13-14H,1-8,10H2. The van der Waals surface area contributed by atoms with Crippen LogP contribution in [0.15, 0.2) is 11.6 Å². The highest BCUT2D eigenvalue weighted by atomic mass is 16.5. The summed E-state index contributed by atoms with van der Waals surface area (Å²) in [7, 11) is 0. The number of aliphatic hydroxyl groups excluding tert-OH is 1. The van der Waals surface area contributed by atoms with Crippen molar-refractivity contribution in [3.8, 4) is 0 Å². The molecule has 0 amide bonds. The second-order valence-corrected chi connectivity index (χ2v) is 4.79. The van der Waals surface area contributed by atoms with Crippen molar-refractivity contribution >= 4 is 0 Å². The van der Waals surface area contributed by atoms with Gasteiger partial charge < -0.3 is 9.84 Å². The second kappa shape index (κ2) is 5.66. The average molecular weight is 210 g/mol. The van der Waals surface area contributed by atoms with Crippen LogP contribution in [0.2, 0.25) is 0 Å². The van der Waals surface area contributed by atoms with E-state index in [2.05, 4.69) is 6.08 Å².